The van der Waals surface area contributed by atoms with Crippen LogP contribution in [0.25, 0.3) is 11.1 Å². The highest BCUT2D eigenvalue weighted by molar-refractivity contribution is 5.80. The van der Waals surface area contributed by atoms with Crippen LogP contribution in [-0.4, -0.2) is 60.2 Å². The lowest BCUT2D eigenvalue weighted by molar-refractivity contribution is -0.141. The van der Waals surface area contributed by atoms with Gasteiger partial charge in [-0.15, -0.1) is 0 Å². The number of amides is 2. The molecule has 1 fully saturated rings. The van der Waals surface area contributed by atoms with E-state index in [0.29, 0.717) is 42.8 Å². The highest BCUT2D eigenvalue weighted by atomic mass is 16.5. The molecule has 1 aliphatic carbocycles. The smallest absolute Gasteiger partial charge is 0.407 e. The van der Waals surface area contributed by atoms with Crippen LogP contribution in [0, 0.1) is 12.8 Å². The van der Waals surface area contributed by atoms with Gasteiger partial charge in [0.15, 0.2) is 0 Å². The molecule has 2 amide bonds. The van der Waals surface area contributed by atoms with Crippen LogP contribution in [0.1, 0.15) is 82.9 Å². The Morgan fingerprint density at radius 1 is 1.18 bits per heavy atom. The maximum atomic E-state index is 13.8. The molecule has 1 N–H and O–H groups in total. The van der Waals surface area contributed by atoms with E-state index >= 15 is 0 Å². The van der Waals surface area contributed by atoms with Crippen LogP contribution in [0.3, 0.4) is 0 Å². The normalized spacial score (nSPS) is 14.7. The summed E-state index contributed by atoms with van der Waals surface area (Å²) in [4.78, 5) is 47.4. The maximum absolute atomic E-state index is 13.8. The van der Waals surface area contributed by atoms with Gasteiger partial charge in [0.25, 0.3) is 11.3 Å². The number of nitrogens with zero attached hydrogens (tertiary/aromatic N) is 5. The number of rotatable bonds is 10. The van der Waals surface area contributed by atoms with Gasteiger partial charge in [0.2, 0.25) is 5.91 Å². The zero-order chi connectivity index (χ0) is 28.3. The van der Waals surface area contributed by atoms with Crippen molar-refractivity contribution in [3.63, 3.8) is 0 Å². The molecule has 10 nitrogen and oxygen atoms in total. The van der Waals surface area contributed by atoms with Crippen LogP contribution >= 0.6 is 0 Å². The number of hydrogen-bond donors (Lipinski definition) is 1. The summed E-state index contributed by atoms with van der Waals surface area (Å²) in [5.74, 6) is 0.413. The Hall–Kier alpha value is -3.69. The van der Waals surface area contributed by atoms with Crippen molar-refractivity contribution < 1.29 is 19.2 Å². The molecule has 3 aromatic rings. The molecule has 0 spiro atoms. The molecule has 2 heterocycles. The van der Waals surface area contributed by atoms with Gasteiger partial charge in [-0.1, -0.05) is 48.8 Å². The lowest BCUT2D eigenvalue weighted by atomic mass is 9.84. The predicted octanol–water partition coefficient (Wildman–Crippen LogP) is 4.99. The fourth-order valence-corrected chi connectivity index (χ4v) is 5.23. The topological polar surface area (TPSA) is 122 Å². The summed E-state index contributed by atoms with van der Waals surface area (Å²) in [5, 5.41) is 14.1. The van der Waals surface area contributed by atoms with Crippen LogP contribution in [-0.2, 0) is 11.3 Å². The monoisotopic (exact) mass is 537 g/mol. The van der Waals surface area contributed by atoms with E-state index in [-0.39, 0.29) is 29.6 Å². The van der Waals surface area contributed by atoms with Crippen LogP contribution in [0.4, 0.5) is 4.79 Å². The summed E-state index contributed by atoms with van der Waals surface area (Å²) >= 11 is 0. The van der Waals surface area contributed by atoms with Gasteiger partial charge < -0.3 is 19.4 Å². The first-order valence-corrected chi connectivity index (χ1v) is 13.7. The Labute approximate surface area is 228 Å². The average molecular weight is 538 g/mol. The molecule has 1 atom stereocenters. The minimum atomic E-state index is -0.990. The van der Waals surface area contributed by atoms with Gasteiger partial charge in [0, 0.05) is 24.5 Å². The molecule has 0 aliphatic heterocycles. The summed E-state index contributed by atoms with van der Waals surface area (Å²) in [5.41, 5.74) is 0.756. The lowest BCUT2D eigenvalue weighted by Gasteiger charge is -2.38. The molecule has 1 aromatic carbocycles. The van der Waals surface area contributed by atoms with Gasteiger partial charge >= 0.3 is 6.09 Å². The second-order valence-electron chi connectivity index (χ2n) is 11.3. The van der Waals surface area contributed by atoms with Gasteiger partial charge in [0.05, 0.1) is 18.3 Å². The van der Waals surface area contributed by atoms with Crippen molar-refractivity contribution in [2.45, 2.75) is 84.8 Å². The molecule has 1 aliphatic rings. The summed E-state index contributed by atoms with van der Waals surface area (Å²) in [6, 6.07) is 9.17. The number of carbonyl (C=O) groups excluding carboxylic acids is 1. The Balaban J connectivity index is 1.75. The Bertz CT molecular complexity index is 1370. The molecule has 4 rings (SSSR count). The van der Waals surface area contributed by atoms with Gasteiger partial charge in [0.1, 0.15) is 11.2 Å². The van der Waals surface area contributed by atoms with Crippen molar-refractivity contribution >= 4 is 23.1 Å². The third-order valence-corrected chi connectivity index (χ3v) is 7.60. The van der Waals surface area contributed by atoms with E-state index in [1.165, 1.54) is 4.90 Å². The second kappa shape index (κ2) is 11.6. The number of carbonyl (C=O) groups is 2. The summed E-state index contributed by atoms with van der Waals surface area (Å²) in [6.07, 6.45) is 2.68. The molecule has 39 heavy (non-hydrogen) atoms. The zero-order valence-electron chi connectivity index (χ0n) is 23.5. The van der Waals surface area contributed by atoms with Crippen LogP contribution in [0.5, 0.6) is 0 Å². The van der Waals surface area contributed by atoms with Crippen LogP contribution in [0.15, 0.2) is 39.6 Å². The molecule has 10 heteroatoms. The van der Waals surface area contributed by atoms with E-state index < -0.39 is 17.7 Å². The first-order valence-electron chi connectivity index (χ1n) is 13.7. The molecular formula is C29H39N5O5. The number of carboxylic acid groups (broad SMARTS) is 1. The summed E-state index contributed by atoms with van der Waals surface area (Å²) < 4.78 is 7.05. The van der Waals surface area contributed by atoms with Crippen molar-refractivity contribution in [2.75, 3.05) is 13.1 Å². The van der Waals surface area contributed by atoms with Crippen molar-refractivity contribution in [3.8, 4) is 0 Å². The van der Waals surface area contributed by atoms with E-state index in [0.717, 1.165) is 24.8 Å². The first kappa shape index (κ1) is 28.3. The highest BCUT2D eigenvalue weighted by Crippen LogP contribution is 2.33. The molecule has 1 unspecified atom stereocenters. The minimum absolute atomic E-state index is 0.0279. The number of aryl methyl sites for hydroxylation is 1. The predicted molar refractivity (Wildman–Crippen MR) is 148 cm³/mol. The van der Waals surface area contributed by atoms with Gasteiger partial charge in [-0.05, 0) is 58.9 Å². The Morgan fingerprint density at radius 3 is 2.44 bits per heavy atom. The first-order chi connectivity index (χ1) is 18.5. The number of hydrogen-bond acceptors (Lipinski definition) is 6. The fraction of sp³-hybridized carbons (Fsp3) is 0.552. The summed E-state index contributed by atoms with van der Waals surface area (Å²) in [7, 11) is 0. The SMILES string of the molecule is CCC(c1nc2onc(C)c2c(=O)n1Cc1ccccc1)N(CCCN(C(=O)O)C(C)(C)C)C(=O)C1CCC1. The lowest BCUT2D eigenvalue weighted by Crippen LogP contribution is -2.47. The molecule has 210 valence electrons. The molecule has 1 saturated carbocycles. The zero-order valence-corrected chi connectivity index (χ0v) is 23.5. The molecule has 0 saturated heterocycles. The number of benzene rings is 1. The van der Waals surface area contributed by atoms with Crippen LogP contribution < -0.4 is 5.56 Å². The minimum Gasteiger partial charge on any atom is -0.465 e. The van der Waals surface area contributed by atoms with Crippen molar-refractivity contribution in [1.29, 1.82) is 0 Å². The van der Waals surface area contributed by atoms with E-state index in [1.54, 1.807) is 11.5 Å². The largest absolute Gasteiger partial charge is 0.465 e. The van der Waals surface area contributed by atoms with E-state index in [2.05, 4.69) is 5.16 Å². The van der Waals surface area contributed by atoms with E-state index in [1.807, 2.05) is 62.9 Å². The van der Waals surface area contributed by atoms with Gasteiger partial charge in [-0.3, -0.25) is 14.2 Å². The third-order valence-electron chi connectivity index (χ3n) is 7.60. The van der Waals surface area contributed by atoms with Crippen molar-refractivity contribution in [3.05, 3.63) is 57.8 Å². The quantitative estimate of drug-likeness (QED) is 0.387. The second-order valence-corrected chi connectivity index (χ2v) is 11.3. The van der Waals surface area contributed by atoms with Crippen molar-refractivity contribution in [2.24, 2.45) is 5.92 Å². The Morgan fingerprint density at radius 2 is 1.87 bits per heavy atom. The highest BCUT2D eigenvalue weighted by Gasteiger charge is 2.36. The van der Waals surface area contributed by atoms with Crippen LogP contribution in [0.2, 0.25) is 0 Å². The number of aromatic nitrogens is 3. The Kier molecular flexibility index (Phi) is 8.42. The molecular weight excluding hydrogens is 498 g/mol. The van der Waals surface area contributed by atoms with E-state index in [9.17, 15) is 19.5 Å². The maximum Gasteiger partial charge on any atom is 0.407 e. The molecule has 2 aromatic heterocycles. The van der Waals surface area contributed by atoms with Gasteiger partial charge in [-0.25, -0.2) is 4.79 Å². The molecule has 0 radical (unpaired) electrons. The van der Waals surface area contributed by atoms with Crippen molar-refractivity contribution in [1.82, 2.24) is 24.5 Å². The third kappa shape index (κ3) is 5.99. The van der Waals surface area contributed by atoms with Gasteiger partial charge in [-0.2, -0.15) is 4.98 Å². The standard InChI is InChI=1S/C29H39N5O5/c1-6-22(32(26(35)21-14-10-15-21)16-11-17-34(28(37)38)29(3,4)5)24-30-25-23(19(2)31-39-25)27(36)33(24)18-20-12-8-7-9-13-20/h7-9,12-13,21-22H,6,10-11,14-18H2,1-5H3,(H,37,38). The molecule has 0 bridgehead atoms. The average Bonchev–Trinajstić information content (AvgIpc) is 3.22. The van der Waals surface area contributed by atoms with E-state index in [4.69, 9.17) is 9.51 Å². The summed E-state index contributed by atoms with van der Waals surface area (Å²) in [6.45, 7) is 10.2. The number of fused-ring (bicyclic) bond motifs is 1. The fourth-order valence-electron chi connectivity index (χ4n) is 5.23.